The topological polar surface area (TPSA) is 95.7 Å². The summed E-state index contributed by atoms with van der Waals surface area (Å²) >= 11 is 0. The van der Waals surface area contributed by atoms with E-state index in [0.29, 0.717) is 44.5 Å². The van der Waals surface area contributed by atoms with Gasteiger partial charge in [-0.1, -0.05) is 6.92 Å². The number of rotatable bonds is 4. The van der Waals surface area contributed by atoms with Gasteiger partial charge in [0.15, 0.2) is 5.69 Å². The Morgan fingerprint density at radius 1 is 1.32 bits per heavy atom. The smallest absolute Gasteiger partial charge is 0.356 e. The molecule has 2 aliphatic heterocycles. The average Bonchev–Trinajstić information content (AvgIpc) is 2.93. The van der Waals surface area contributed by atoms with Crippen molar-refractivity contribution >= 4 is 17.8 Å². The molecule has 2 amide bonds. The number of carboxylic acid groups (broad SMARTS) is 1. The Labute approximate surface area is 146 Å². The summed E-state index contributed by atoms with van der Waals surface area (Å²) in [7, 11) is 1.73. The van der Waals surface area contributed by atoms with Gasteiger partial charge in [0.05, 0.1) is 5.92 Å². The lowest BCUT2D eigenvalue weighted by atomic mass is 9.94. The van der Waals surface area contributed by atoms with E-state index in [2.05, 4.69) is 5.10 Å². The summed E-state index contributed by atoms with van der Waals surface area (Å²) in [6, 6.07) is 0. The lowest BCUT2D eigenvalue weighted by molar-refractivity contribution is -0.143. The van der Waals surface area contributed by atoms with Crippen LogP contribution in [0.2, 0.25) is 0 Å². The Balaban J connectivity index is 1.74. The highest BCUT2D eigenvalue weighted by Gasteiger charge is 2.35. The van der Waals surface area contributed by atoms with Crippen molar-refractivity contribution in [2.75, 3.05) is 19.6 Å². The largest absolute Gasteiger partial charge is 0.476 e. The molecule has 1 aromatic heterocycles. The summed E-state index contributed by atoms with van der Waals surface area (Å²) in [5, 5.41) is 13.4. The number of aromatic carboxylic acids is 1. The van der Waals surface area contributed by atoms with E-state index in [1.165, 1.54) is 0 Å². The lowest BCUT2D eigenvalue weighted by Crippen LogP contribution is -2.48. The molecule has 0 unspecified atom stereocenters. The normalized spacial score (nSPS) is 20.6. The molecule has 1 aromatic rings. The molecule has 25 heavy (non-hydrogen) atoms. The van der Waals surface area contributed by atoms with Crippen LogP contribution in [-0.2, 0) is 29.6 Å². The van der Waals surface area contributed by atoms with Gasteiger partial charge in [-0.25, -0.2) is 4.79 Å². The van der Waals surface area contributed by atoms with Crippen molar-refractivity contribution in [3.8, 4) is 0 Å². The highest BCUT2D eigenvalue weighted by Crippen LogP contribution is 2.26. The molecule has 3 heterocycles. The number of carbonyl (C=O) groups is 3. The van der Waals surface area contributed by atoms with Crippen molar-refractivity contribution in [3.05, 3.63) is 17.0 Å². The molecule has 3 rings (SSSR count). The zero-order valence-corrected chi connectivity index (χ0v) is 14.7. The second kappa shape index (κ2) is 6.85. The molecule has 0 aromatic carbocycles. The van der Waals surface area contributed by atoms with Gasteiger partial charge in [0.2, 0.25) is 11.8 Å². The molecule has 136 valence electrons. The number of amides is 2. The molecule has 1 saturated heterocycles. The molecule has 8 nitrogen and oxygen atoms in total. The van der Waals surface area contributed by atoms with E-state index in [4.69, 9.17) is 0 Å². The first-order valence-electron chi connectivity index (χ1n) is 8.77. The third-order valence-electron chi connectivity index (χ3n) is 5.10. The number of aryl methyl sites for hydroxylation is 1. The zero-order valence-electron chi connectivity index (χ0n) is 14.7. The molecular weight excluding hydrogens is 324 g/mol. The molecule has 0 aliphatic carbocycles. The summed E-state index contributed by atoms with van der Waals surface area (Å²) in [4.78, 5) is 39.7. The summed E-state index contributed by atoms with van der Waals surface area (Å²) in [6.07, 6.45) is 2.45. The Morgan fingerprint density at radius 2 is 2.08 bits per heavy atom. The van der Waals surface area contributed by atoms with E-state index in [0.717, 1.165) is 12.1 Å². The summed E-state index contributed by atoms with van der Waals surface area (Å²) < 4.78 is 1.60. The number of likely N-dealkylation sites (tertiary alicyclic amines) is 1. The van der Waals surface area contributed by atoms with Crippen LogP contribution >= 0.6 is 0 Å². The second-order valence-electron chi connectivity index (χ2n) is 6.79. The van der Waals surface area contributed by atoms with Crippen molar-refractivity contribution in [1.29, 1.82) is 0 Å². The Hall–Kier alpha value is -2.38. The minimum Gasteiger partial charge on any atom is -0.476 e. The predicted molar refractivity (Wildman–Crippen MR) is 88.9 cm³/mol. The van der Waals surface area contributed by atoms with Gasteiger partial charge in [0.25, 0.3) is 0 Å². The van der Waals surface area contributed by atoms with Crippen LogP contribution in [0.15, 0.2) is 0 Å². The van der Waals surface area contributed by atoms with Crippen molar-refractivity contribution in [2.24, 2.45) is 13.0 Å². The zero-order chi connectivity index (χ0) is 18.1. The first-order valence-corrected chi connectivity index (χ1v) is 8.77. The van der Waals surface area contributed by atoms with Gasteiger partial charge in [0, 0.05) is 57.3 Å². The number of hydrogen-bond donors (Lipinski definition) is 1. The average molecular weight is 348 g/mol. The van der Waals surface area contributed by atoms with Crippen LogP contribution in [0.25, 0.3) is 0 Å². The van der Waals surface area contributed by atoms with E-state index < -0.39 is 5.97 Å². The molecule has 1 atom stereocenters. The quantitative estimate of drug-likeness (QED) is 0.862. The Morgan fingerprint density at radius 3 is 2.76 bits per heavy atom. The molecule has 0 radical (unpaired) electrons. The molecule has 0 bridgehead atoms. The number of aromatic nitrogens is 2. The van der Waals surface area contributed by atoms with E-state index in [9.17, 15) is 19.5 Å². The fraction of sp³-hybridized carbons (Fsp3) is 0.647. The van der Waals surface area contributed by atoms with Crippen LogP contribution in [0.5, 0.6) is 0 Å². The van der Waals surface area contributed by atoms with Crippen molar-refractivity contribution in [2.45, 2.75) is 39.2 Å². The van der Waals surface area contributed by atoms with Gasteiger partial charge in [-0.05, 0) is 12.8 Å². The first-order chi connectivity index (χ1) is 11.9. The molecule has 2 aliphatic rings. The van der Waals surface area contributed by atoms with Gasteiger partial charge in [0.1, 0.15) is 0 Å². The van der Waals surface area contributed by atoms with Crippen LogP contribution in [0, 0.1) is 5.92 Å². The fourth-order valence-electron chi connectivity index (χ4n) is 3.81. The van der Waals surface area contributed by atoms with Gasteiger partial charge in [-0.3, -0.25) is 14.3 Å². The van der Waals surface area contributed by atoms with Crippen molar-refractivity contribution < 1.29 is 19.5 Å². The molecule has 0 spiro atoms. The minimum absolute atomic E-state index is 0.0134. The number of carboxylic acids is 1. The maximum Gasteiger partial charge on any atom is 0.356 e. The monoisotopic (exact) mass is 348 g/mol. The van der Waals surface area contributed by atoms with Crippen LogP contribution < -0.4 is 0 Å². The Bertz CT molecular complexity index is 712. The number of piperidine rings is 1. The fourth-order valence-corrected chi connectivity index (χ4v) is 3.81. The van der Waals surface area contributed by atoms with Crippen LogP contribution in [0.1, 0.15) is 47.9 Å². The SMILES string of the molecule is CCCN1C[C@@H](C(=O)N2CCc3c(c(C(=O)O)nn3C)C2)CCC1=O. The number of fused-ring (bicyclic) bond motifs is 1. The number of hydrogen-bond acceptors (Lipinski definition) is 4. The van der Waals surface area contributed by atoms with Crippen molar-refractivity contribution in [1.82, 2.24) is 19.6 Å². The molecular formula is C17H24N4O4. The van der Waals surface area contributed by atoms with E-state index in [-0.39, 0.29) is 30.0 Å². The third kappa shape index (κ3) is 3.25. The highest BCUT2D eigenvalue weighted by molar-refractivity contribution is 5.88. The predicted octanol–water partition coefficient (Wildman–Crippen LogP) is 0.652. The molecule has 0 saturated carbocycles. The minimum atomic E-state index is -1.07. The number of nitrogens with zero attached hydrogens (tertiary/aromatic N) is 4. The summed E-state index contributed by atoms with van der Waals surface area (Å²) in [5.41, 5.74) is 1.54. The van der Waals surface area contributed by atoms with Gasteiger partial charge in [-0.15, -0.1) is 0 Å². The van der Waals surface area contributed by atoms with Crippen LogP contribution in [0.4, 0.5) is 0 Å². The van der Waals surface area contributed by atoms with Gasteiger partial charge >= 0.3 is 5.97 Å². The van der Waals surface area contributed by atoms with Crippen LogP contribution in [-0.4, -0.2) is 62.1 Å². The molecule has 8 heteroatoms. The maximum absolute atomic E-state index is 12.9. The van der Waals surface area contributed by atoms with E-state index in [1.807, 2.05) is 6.92 Å². The standard InChI is InChI=1S/C17H24N4O4/c1-3-7-20-9-11(4-5-14(20)22)16(23)21-8-6-13-12(10-21)15(17(24)25)18-19(13)2/h11H,3-10H2,1-2H3,(H,24,25)/t11-/m0/s1. The lowest BCUT2D eigenvalue weighted by Gasteiger charge is -2.36. The van der Waals surface area contributed by atoms with E-state index in [1.54, 1.807) is 21.5 Å². The van der Waals surface area contributed by atoms with Crippen molar-refractivity contribution in [3.63, 3.8) is 0 Å². The third-order valence-corrected chi connectivity index (χ3v) is 5.10. The molecule has 1 N–H and O–H groups in total. The van der Waals surface area contributed by atoms with E-state index >= 15 is 0 Å². The van der Waals surface area contributed by atoms with Gasteiger partial charge in [-0.2, -0.15) is 5.10 Å². The maximum atomic E-state index is 12.9. The summed E-state index contributed by atoms with van der Waals surface area (Å²) in [6.45, 7) is 4.00. The summed E-state index contributed by atoms with van der Waals surface area (Å²) in [5.74, 6) is -1.13. The highest BCUT2D eigenvalue weighted by atomic mass is 16.4. The Kier molecular flexibility index (Phi) is 4.78. The second-order valence-corrected chi connectivity index (χ2v) is 6.79. The number of carbonyl (C=O) groups excluding carboxylic acids is 2. The van der Waals surface area contributed by atoms with Crippen LogP contribution in [0.3, 0.4) is 0 Å². The first kappa shape index (κ1) is 17.4. The van der Waals surface area contributed by atoms with Gasteiger partial charge < -0.3 is 14.9 Å². The molecule has 1 fully saturated rings.